The molecule has 0 fully saturated rings. The van der Waals surface area contributed by atoms with Crippen LogP contribution < -0.4 is 14.8 Å². The second kappa shape index (κ2) is 6.43. The molecule has 0 aliphatic rings. The van der Waals surface area contributed by atoms with Crippen LogP contribution in [-0.2, 0) is 0 Å². The number of ether oxygens (including phenoxy) is 2. The van der Waals surface area contributed by atoms with E-state index in [1.165, 1.54) is 0 Å². The molecule has 0 amide bonds. The highest BCUT2D eigenvalue weighted by molar-refractivity contribution is 5.93. The fraction of sp³-hybridized carbons (Fsp3) is 0.400. The van der Waals surface area contributed by atoms with E-state index in [1.807, 2.05) is 18.2 Å². The molecule has 2 rings (SSSR count). The molecule has 0 radical (unpaired) electrons. The van der Waals surface area contributed by atoms with Gasteiger partial charge in [0.05, 0.1) is 19.7 Å². The van der Waals surface area contributed by atoms with Crippen LogP contribution in [-0.4, -0.2) is 51.3 Å². The average Bonchev–Trinajstić information content (AvgIpc) is 2.45. The number of hydrogen-bond acceptors (Lipinski definition) is 5. The van der Waals surface area contributed by atoms with Crippen molar-refractivity contribution in [3.8, 4) is 11.5 Å². The van der Waals surface area contributed by atoms with Crippen molar-refractivity contribution in [2.24, 2.45) is 0 Å². The summed E-state index contributed by atoms with van der Waals surface area (Å²) in [5, 5.41) is 4.46. The lowest BCUT2D eigenvalue weighted by molar-refractivity contribution is 0.356. The van der Waals surface area contributed by atoms with E-state index in [4.69, 9.17) is 9.47 Å². The second-order valence-electron chi connectivity index (χ2n) is 4.81. The Morgan fingerprint density at radius 1 is 1.15 bits per heavy atom. The summed E-state index contributed by atoms with van der Waals surface area (Å²) in [6.45, 7) is 1.84. The molecule has 1 N–H and O–H groups in total. The van der Waals surface area contributed by atoms with Crippen LogP contribution in [0.1, 0.15) is 0 Å². The molecular weight excluding hydrogens is 254 g/mol. The average molecular weight is 275 g/mol. The first-order valence-electron chi connectivity index (χ1n) is 6.55. The molecule has 20 heavy (non-hydrogen) atoms. The first-order chi connectivity index (χ1) is 9.65. The third-order valence-corrected chi connectivity index (χ3v) is 3.12. The number of anilines is 1. The molecular formula is C15H21N3O2. The summed E-state index contributed by atoms with van der Waals surface area (Å²) in [7, 11) is 7.38. The van der Waals surface area contributed by atoms with Crippen molar-refractivity contribution in [3.05, 3.63) is 24.4 Å². The highest BCUT2D eigenvalue weighted by Crippen LogP contribution is 2.34. The molecule has 0 aliphatic carbocycles. The van der Waals surface area contributed by atoms with Gasteiger partial charge in [-0.3, -0.25) is 4.98 Å². The molecule has 2 aromatic rings. The Kier molecular flexibility index (Phi) is 4.63. The first kappa shape index (κ1) is 14.4. The summed E-state index contributed by atoms with van der Waals surface area (Å²) in [5.74, 6) is 1.40. The Hall–Kier alpha value is -2.01. The molecule has 0 saturated heterocycles. The number of rotatable bonds is 6. The topological polar surface area (TPSA) is 46.6 Å². The normalized spacial score (nSPS) is 10.8. The van der Waals surface area contributed by atoms with Crippen molar-refractivity contribution in [1.82, 2.24) is 9.88 Å². The van der Waals surface area contributed by atoms with Gasteiger partial charge in [-0.25, -0.2) is 0 Å². The standard InChI is InChI=1S/C15H21N3O2/c1-18(2)8-7-17-12-5-6-16-13-10-15(20-4)14(19-3)9-11(12)13/h5-6,9-10H,7-8H2,1-4H3,(H,16,17). The van der Waals surface area contributed by atoms with Gasteiger partial charge in [-0.1, -0.05) is 0 Å². The maximum absolute atomic E-state index is 5.35. The molecule has 108 valence electrons. The maximum atomic E-state index is 5.35. The largest absolute Gasteiger partial charge is 0.493 e. The lowest BCUT2D eigenvalue weighted by Gasteiger charge is -2.14. The van der Waals surface area contributed by atoms with E-state index in [0.717, 1.165) is 29.7 Å². The van der Waals surface area contributed by atoms with Gasteiger partial charge in [-0.05, 0) is 26.2 Å². The van der Waals surface area contributed by atoms with Crippen LogP contribution in [0.4, 0.5) is 5.69 Å². The van der Waals surface area contributed by atoms with Crippen LogP contribution >= 0.6 is 0 Å². The summed E-state index contributed by atoms with van der Waals surface area (Å²) in [6, 6.07) is 5.83. The van der Waals surface area contributed by atoms with Gasteiger partial charge in [0.25, 0.3) is 0 Å². The third kappa shape index (κ3) is 3.11. The van der Waals surface area contributed by atoms with Crippen molar-refractivity contribution >= 4 is 16.6 Å². The van der Waals surface area contributed by atoms with Crippen molar-refractivity contribution in [2.45, 2.75) is 0 Å². The van der Waals surface area contributed by atoms with E-state index in [2.05, 4.69) is 29.3 Å². The highest BCUT2D eigenvalue weighted by Gasteiger charge is 2.09. The molecule has 0 saturated carbocycles. The molecule has 1 aromatic heterocycles. The number of likely N-dealkylation sites (N-methyl/N-ethyl adjacent to an activating group) is 1. The van der Waals surface area contributed by atoms with E-state index < -0.39 is 0 Å². The molecule has 1 heterocycles. The van der Waals surface area contributed by atoms with Crippen LogP contribution in [0.3, 0.4) is 0 Å². The monoisotopic (exact) mass is 275 g/mol. The number of benzene rings is 1. The number of pyridine rings is 1. The third-order valence-electron chi connectivity index (χ3n) is 3.12. The summed E-state index contributed by atoms with van der Waals surface area (Å²) in [6.07, 6.45) is 1.80. The molecule has 0 atom stereocenters. The number of nitrogens with one attached hydrogen (secondary N) is 1. The lowest BCUT2D eigenvalue weighted by Crippen LogP contribution is -2.20. The molecule has 5 heteroatoms. The molecule has 0 unspecified atom stereocenters. The highest BCUT2D eigenvalue weighted by atomic mass is 16.5. The molecule has 0 spiro atoms. The smallest absolute Gasteiger partial charge is 0.162 e. The number of aromatic nitrogens is 1. The van der Waals surface area contributed by atoms with Gasteiger partial charge in [-0.2, -0.15) is 0 Å². The van der Waals surface area contributed by atoms with E-state index in [1.54, 1.807) is 20.4 Å². The first-order valence-corrected chi connectivity index (χ1v) is 6.55. The summed E-state index contributed by atoms with van der Waals surface area (Å²) in [4.78, 5) is 6.52. The van der Waals surface area contributed by atoms with Crippen LogP contribution in [0.25, 0.3) is 10.9 Å². The summed E-state index contributed by atoms with van der Waals surface area (Å²) in [5.41, 5.74) is 1.94. The number of hydrogen-bond donors (Lipinski definition) is 1. The van der Waals surface area contributed by atoms with Crippen LogP contribution in [0, 0.1) is 0 Å². The fourth-order valence-corrected chi connectivity index (χ4v) is 2.04. The Balaban J connectivity index is 2.35. The second-order valence-corrected chi connectivity index (χ2v) is 4.81. The van der Waals surface area contributed by atoms with Gasteiger partial charge in [0.15, 0.2) is 11.5 Å². The Labute approximate surface area is 119 Å². The predicted octanol–water partition coefficient (Wildman–Crippen LogP) is 2.23. The summed E-state index contributed by atoms with van der Waals surface area (Å²) < 4.78 is 10.7. The molecule has 0 bridgehead atoms. The minimum Gasteiger partial charge on any atom is -0.493 e. The zero-order valence-electron chi connectivity index (χ0n) is 12.4. The van der Waals surface area contributed by atoms with Crippen LogP contribution in [0.5, 0.6) is 11.5 Å². The predicted molar refractivity (Wildman–Crippen MR) is 81.9 cm³/mol. The Morgan fingerprint density at radius 3 is 2.50 bits per heavy atom. The van der Waals surface area contributed by atoms with Crippen LogP contribution in [0.2, 0.25) is 0 Å². The Morgan fingerprint density at radius 2 is 1.85 bits per heavy atom. The zero-order valence-corrected chi connectivity index (χ0v) is 12.4. The van der Waals surface area contributed by atoms with Gasteiger partial charge < -0.3 is 19.7 Å². The number of methoxy groups -OCH3 is 2. The van der Waals surface area contributed by atoms with Crippen LogP contribution in [0.15, 0.2) is 24.4 Å². The fourth-order valence-electron chi connectivity index (χ4n) is 2.04. The minimum absolute atomic E-state index is 0.693. The molecule has 1 aromatic carbocycles. The maximum Gasteiger partial charge on any atom is 0.162 e. The van der Waals surface area contributed by atoms with E-state index in [-0.39, 0.29) is 0 Å². The quantitative estimate of drug-likeness (QED) is 0.876. The summed E-state index contributed by atoms with van der Waals surface area (Å²) >= 11 is 0. The zero-order chi connectivity index (χ0) is 14.5. The van der Waals surface area contributed by atoms with Gasteiger partial charge in [0.2, 0.25) is 0 Å². The van der Waals surface area contributed by atoms with Gasteiger partial charge in [0, 0.05) is 36.4 Å². The SMILES string of the molecule is COc1cc2nccc(NCCN(C)C)c2cc1OC. The van der Waals surface area contributed by atoms with Gasteiger partial charge in [-0.15, -0.1) is 0 Å². The van der Waals surface area contributed by atoms with Crippen molar-refractivity contribution < 1.29 is 9.47 Å². The number of fused-ring (bicyclic) bond motifs is 1. The van der Waals surface area contributed by atoms with Gasteiger partial charge in [0.1, 0.15) is 0 Å². The van der Waals surface area contributed by atoms with Crippen molar-refractivity contribution in [1.29, 1.82) is 0 Å². The minimum atomic E-state index is 0.693. The molecule has 5 nitrogen and oxygen atoms in total. The Bertz CT molecular complexity index is 585. The van der Waals surface area contributed by atoms with Crippen molar-refractivity contribution in [2.75, 3.05) is 46.7 Å². The van der Waals surface area contributed by atoms with E-state index in [9.17, 15) is 0 Å². The van der Waals surface area contributed by atoms with E-state index in [0.29, 0.717) is 11.5 Å². The lowest BCUT2D eigenvalue weighted by atomic mass is 10.1. The molecule has 0 aliphatic heterocycles. The van der Waals surface area contributed by atoms with E-state index >= 15 is 0 Å². The van der Waals surface area contributed by atoms with Crippen molar-refractivity contribution in [3.63, 3.8) is 0 Å². The number of nitrogens with zero attached hydrogens (tertiary/aromatic N) is 2. The van der Waals surface area contributed by atoms with Gasteiger partial charge >= 0.3 is 0 Å².